The lowest BCUT2D eigenvalue weighted by molar-refractivity contribution is -0.134. The van der Waals surface area contributed by atoms with Crippen LogP contribution in [0.1, 0.15) is 39.5 Å². The molecule has 0 aliphatic carbocycles. The standard InChI is InChI=1S/C19H25N3O3/c1-14-12-21(16-8-5-6-9-17(16)22(14)15(2)23)19(25)13-20-11-7-3-4-10-18(20)24/h5-6,8-9,14H,3-4,7,10-13H2,1-2H3. The van der Waals surface area contributed by atoms with Crippen molar-refractivity contribution < 1.29 is 14.4 Å². The van der Waals surface area contributed by atoms with Gasteiger partial charge < -0.3 is 14.7 Å². The fourth-order valence-electron chi connectivity index (χ4n) is 3.75. The first-order valence-corrected chi connectivity index (χ1v) is 8.96. The fraction of sp³-hybridized carbons (Fsp3) is 0.526. The molecule has 1 unspecified atom stereocenters. The van der Waals surface area contributed by atoms with Crippen LogP contribution in [0.3, 0.4) is 0 Å². The fourth-order valence-corrected chi connectivity index (χ4v) is 3.75. The maximum absolute atomic E-state index is 12.9. The van der Waals surface area contributed by atoms with E-state index in [2.05, 4.69) is 0 Å². The van der Waals surface area contributed by atoms with Crippen molar-refractivity contribution >= 4 is 29.1 Å². The highest BCUT2D eigenvalue weighted by atomic mass is 16.2. The van der Waals surface area contributed by atoms with E-state index in [4.69, 9.17) is 0 Å². The van der Waals surface area contributed by atoms with Crippen LogP contribution in [0, 0.1) is 0 Å². The van der Waals surface area contributed by atoms with Crippen LogP contribution >= 0.6 is 0 Å². The molecule has 0 radical (unpaired) electrons. The Labute approximate surface area is 148 Å². The van der Waals surface area contributed by atoms with Gasteiger partial charge in [0.25, 0.3) is 0 Å². The van der Waals surface area contributed by atoms with Crippen LogP contribution in [0.15, 0.2) is 24.3 Å². The molecular formula is C19H25N3O3. The molecule has 2 aliphatic rings. The predicted octanol–water partition coefficient (Wildman–Crippen LogP) is 2.18. The molecule has 1 aromatic rings. The van der Waals surface area contributed by atoms with E-state index in [1.807, 2.05) is 31.2 Å². The van der Waals surface area contributed by atoms with Crippen LogP contribution in [0.4, 0.5) is 11.4 Å². The van der Waals surface area contributed by atoms with Gasteiger partial charge in [0.15, 0.2) is 0 Å². The van der Waals surface area contributed by atoms with Crippen LogP contribution in [-0.2, 0) is 14.4 Å². The molecule has 134 valence electrons. The Morgan fingerprint density at radius 2 is 1.84 bits per heavy atom. The van der Waals surface area contributed by atoms with Gasteiger partial charge in [-0.05, 0) is 31.9 Å². The number of likely N-dealkylation sites (tertiary alicyclic amines) is 1. The van der Waals surface area contributed by atoms with Crippen LogP contribution < -0.4 is 9.80 Å². The van der Waals surface area contributed by atoms with Crippen LogP contribution in [-0.4, -0.2) is 48.3 Å². The zero-order valence-corrected chi connectivity index (χ0v) is 14.9. The van der Waals surface area contributed by atoms with Crippen molar-refractivity contribution in [1.29, 1.82) is 0 Å². The van der Waals surface area contributed by atoms with E-state index in [0.29, 0.717) is 19.5 Å². The van der Waals surface area contributed by atoms with E-state index in [0.717, 1.165) is 30.6 Å². The van der Waals surface area contributed by atoms with Crippen molar-refractivity contribution in [1.82, 2.24) is 4.90 Å². The van der Waals surface area contributed by atoms with E-state index >= 15 is 0 Å². The first kappa shape index (κ1) is 17.5. The molecule has 0 N–H and O–H groups in total. The van der Waals surface area contributed by atoms with Gasteiger partial charge >= 0.3 is 0 Å². The smallest absolute Gasteiger partial charge is 0.246 e. The summed E-state index contributed by atoms with van der Waals surface area (Å²) in [6.07, 6.45) is 3.41. The molecule has 0 spiro atoms. The molecule has 3 rings (SSSR count). The zero-order chi connectivity index (χ0) is 18.0. The Morgan fingerprint density at radius 3 is 2.56 bits per heavy atom. The number of hydrogen-bond donors (Lipinski definition) is 0. The minimum absolute atomic E-state index is 0.0326. The lowest BCUT2D eigenvalue weighted by atomic mass is 10.1. The SMILES string of the molecule is CC(=O)N1c2ccccc2N(C(=O)CN2CCCCCC2=O)CC1C. The molecule has 25 heavy (non-hydrogen) atoms. The monoisotopic (exact) mass is 343 g/mol. The van der Waals surface area contributed by atoms with E-state index in [9.17, 15) is 14.4 Å². The maximum Gasteiger partial charge on any atom is 0.246 e. The third kappa shape index (κ3) is 3.52. The largest absolute Gasteiger partial charge is 0.333 e. The third-order valence-electron chi connectivity index (χ3n) is 4.96. The molecular weight excluding hydrogens is 318 g/mol. The number of fused-ring (bicyclic) bond motifs is 1. The molecule has 2 heterocycles. The summed E-state index contributed by atoms with van der Waals surface area (Å²) >= 11 is 0. The second kappa shape index (κ2) is 7.25. The summed E-state index contributed by atoms with van der Waals surface area (Å²) in [5.41, 5.74) is 1.49. The normalized spacial score (nSPS) is 21.0. The summed E-state index contributed by atoms with van der Waals surface area (Å²) in [4.78, 5) is 42.3. The number of carbonyl (C=O) groups is 3. The summed E-state index contributed by atoms with van der Waals surface area (Å²) < 4.78 is 0. The topological polar surface area (TPSA) is 60.9 Å². The third-order valence-corrected chi connectivity index (χ3v) is 4.96. The van der Waals surface area contributed by atoms with Gasteiger partial charge in [0, 0.05) is 26.4 Å². The van der Waals surface area contributed by atoms with Crippen LogP contribution in [0.25, 0.3) is 0 Å². The van der Waals surface area contributed by atoms with Gasteiger partial charge in [-0.15, -0.1) is 0 Å². The lowest BCUT2D eigenvalue weighted by Crippen LogP contribution is -2.53. The van der Waals surface area contributed by atoms with Crippen molar-refractivity contribution in [2.75, 3.05) is 29.4 Å². The maximum atomic E-state index is 12.9. The van der Waals surface area contributed by atoms with E-state index in [1.54, 1.807) is 21.6 Å². The highest BCUT2D eigenvalue weighted by molar-refractivity contribution is 6.05. The number of carbonyl (C=O) groups excluding carboxylic acids is 3. The molecule has 1 fully saturated rings. The quantitative estimate of drug-likeness (QED) is 0.827. The van der Waals surface area contributed by atoms with Crippen molar-refractivity contribution in [3.8, 4) is 0 Å². The Hall–Kier alpha value is -2.37. The second-order valence-electron chi connectivity index (χ2n) is 6.86. The number of hydrogen-bond acceptors (Lipinski definition) is 3. The molecule has 1 atom stereocenters. The Bertz CT molecular complexity index is 688. The summed E-state index contributed by atoms with van der Waals surface area (Å²) in [6.45, 7) is 4.68. The van der Waals surface area contributed by atoms with Gasteiger partial charge in [-0.25, -0.2) is 0 Å². The Morgan fingerprint density at radius 1 is 1.12 bits per heavy atom. The van der Waals surface area contributed by atoms with E-state index in [1.165, 1.54) is 0 Å². The molecule has 6 nitrogen and oxygen atoms in total. The predicted molar refractivity (Wildman–Crippen MR) is 96.5 cm³/mol. The molecule has 1 aromatic carbocycles. The first-order chi connectivity index (χ1) is 12.0. The Kier molecular flexibility index (Phi) is 5.06. The average molecular weight is 343 g/mol. The summed E-state index contributed by atoms with van der Waals surface area (Å²) in [6, 6.07) is 7.36. The highest BCUT2D eigenvalue weighted by Gasteiger charge is 2.34. The molecule has 0 saturated carbocycles. The van der Waals surface area contributed by atoms with Gasteiger partial charge in [-0.3, -0.25) is 14.4 Å². The molecule has 2 aliphatic heterocycles. The lowest BCUT2D eigenvalue weighted by Gasteiger charge is -2.41. The van der Waals surface area contributed by atoms with E-state index in [-0.39, 0.29) is 30.3 Å². The number of nitrogens with zero attached hydrogens (tertiary/aromatic N) is 3. The average Bonchev–Trinajstić information content (AvgIpc) is 2.78. The van der Waals surface area contributed by atoms with Crippen molar-refractivity contribution in [3.05, 3.63) is 24.3 Å². The zero-order valence-electron chi connectivity index (χ0n) is 14.9. The van der Waals surface area contributed by atoms with Crippen LogP contribution in [0.2, 0.25) is 0 Å². The minimum atomic E-state index is -0.101. The number of benzene rings is 1. The summed E-state index contributed by atoms with van der Waals surface area (Å²) in [7, 11) is 0. The van der Waals surface area contributed by atoms with Crippen molar-refractivity contribution in [2.24, 2.45) is 0 Å². The van der Waals surface area contributed by atoms with E-state index < -0.39 is 0 Å². The van der Waals surface area contributed by atoms with Crippen molar-refractivity contribution in [2.45, 2.75) is 45.6 Å². The number of amides is 3. The number of para-hydroxylation sites is 2. The molecule has 6 heteroatoms. The molecule has 1 saturated heterocycles. The summed E-state index contributed by atoms with van der Waals surface area (Å²) in [5.74, 6) is -0.0537. The summed E-state index contributed by atoms with van der Waals surface area (Å²) in [5, 5.41) is 0. The highest BCUT2D eigenvalue weighted by Crippen LogP contribution is 2.35. The van der Waals surface area contributed by atoms with Crippen molar-refractivity contribution in [3.63, 3.8) is 0 Å². The number of rotatable bonds is 2. The van der Waals surface area contributed by atoms with Gasteiger partial charge in [0.1, 0.15) is 6.54 Å². The second-order valence-corrected chi connectivity index (χ2v) is 6.86. The first-order valence-electron chi connectivity index (χ1n) is 8.96. The van der Waals surface area contributed by atoms with Gasteiger partial charge in [0.2, 0.25) is 17.7 Å². The Balaban J connectivity index is 1.84. The van der Waals surface area contributed by atoms with Gasteiger partial charge in [-0.2, -0.15) is 0 Å². The molecule has 0 bridgehead atoms. The molecule has 0 aromatic heterocycles. The van der Waals surface area contributed by atoms with Gasteiger partial charge in [-0.1, -0.05) is 18.6 Å². The van der Waals surface area contributed by atoms with Gasteiger partial charge in [0.05, 0.1) is 17.4 Å². The minimum Gasteiger partial charge on any atom is -0.333 e. The number of anilines is 2. The van der Waals surface area contributed by atoms with Crippen LogP contribution in [0.5, 0.6) is 0 Å². The molecule has 3 amide bonds.